The van der Waals surface area contributed by atoms with Crippen LogP contribution >= 0.6 is 11.6 Å². The molecule has 0 saturated carbocycles. The number of carbonyl (C=O) groups is 2. The average Bonchev–Trinajstić information content (AvgIpc) is 2.45. The summed E-state index contributed by atoms with van der Waals surface area (Å²) >= 11 is 5.74. The van der Waals surface area contributed by atoms with Gasteiger partial charge < -0.3 is 15.4 Å². The summed E-state index contributed by atoms with van der Waals surface area (Å²) in [6.45, 7) is 0. The molecule has 1 atom stereocenters. The quantitative estimate of drug-likeness (QED) is 0.661. The van der Waals surface area contributed by atoms with E-state index >= 15 is 0 Å². The number of nitrogens with one attached hydrogen (secondary N) is 2. The Morgan fingerprint density at radius 1 is 1.50 bits per heavy atom. The maximum atomic E-state index is 13.3. The molecule has 2 rings (SSSR count). The number of ether oxygens (including phenoxy) is 1. The largest absolute Gasteiger partial charge is 0.466 e. The molecule has 0 aliphatic carbocycles. The van der Waals surface area contributed by atoms with Gasteiger partial charge in [0, 0.05) is 5.70 Å². The molecule has 2 amide bonds. The van der Waals surface area contributed by atoms with E-state index in [0.717, 1.165) is 0 Å². The first-order valence-electron chi connectivity index (χ1n) is 5.77. The number of halogens is 2. The van der Waals surface area contributed by atoms with E-state index in [-0.39, 0.29) is 17.2 Å². The van der Waals surface area contributed by atoms with Crippen LogP contribution < -0.4 is 10.6 Å². The molecule has 0 saturated heterocycles. The van der Waals surface area contributed by atoms with Gasteiger partial charge in [-0.2, -0.15) is 0 Å². The van der Waals surface area contributed by atoms with Crippen LogP contribution in [0.3, 0.4) is 0 Å². The lowest BCUT2D eigenvalue weighted by Crippen LogP contribution is -2.46. The van der Waals surface area contributed by atoms with E-state index in [4.69, 9.17) is 16.3 Å². The number of carbonyl (C=O) groups excluding carboxylic acids is 2. The Bertz CT molecular complexity index is 589. The van der Waals surface area contributed by atoms with Gasteiger partial charge in [-0.3, -0.25) is 0 Å². The second-order valence-corrected chi connectivity index (χ2v) is 4.37. The monoisotopic (exact) mass is 298 g/mol. The lowest BCUT2D eigenvalue weighted by molar-refractivity contribution is -0.136. The Morgan fingerprint density at radius 3 is 2.85 bits per heavy atom. The van der Waals surface area contributed by atoms with Crippen LogP contribution in [0.1, 0.15) is 11.6 Å². The molecule has 0 bridgehead atoms. The fourth-order valence-electron chi connectivity index (χ4n) is 2.01. The minimum atomic E-state index is -0.805. The molecular formula is C13H12ClFN2O3. The Kier molecular flexibility index (Phi) is 4.24. The Labute approximate surface area is 119 Å². The fourth-order valence-corrected chi connectivity index (χ4v) is 2.22. The summed E-state index contributed by atoms with van der Waals surface area (Å²) in [5.74, 6) is -1.17. The molecule has 0 fully saturated rings. The summed E-state index contributed by atoms with van der Waals surface area (Å²) in [7, 11) is 1.22. The highest BCUT2D eigenvalue weighted by atomic mass is 35.5. The first-order valence-corrected chi connectivity index (χ1v) is 6.30. The third kappa shape index (κ3) is 2.75. The highest BCUT2D eigenvalue weighted by Crippen LogP contribution is 2.28. The predicted molar refractivity (Wildman–Crippen MR) is 70.6 cm³/mol. The SMILES string of the molecule is COC(=O)C1=C(CCl)NC(=O)N[C@H]1c1cccc(F)c1. The van der Waals surface area contributed by atoms with Crippen LogP contribution in [0.4, 0.5) is 9.18 Å². The third-order valence-corrected chi connectivity index (χ3v) is 3.14. The Morgan fingerprint density at radius 2 is 2.25 bits per heavy atom. The molecule has 2 N–H and O–H groups in total. The lowest BCUT2D eigenvalue weighted by Gasteiger charge is -2.28. The highest BCUT2D eigenvalue weighted by Gasteiger charge is 2.33. The number of amides is 2. The summed E-state index contributed by atoms with van der Waals surface area (Å²) in [6.07, 6.45) is 0. The van der Waals surface area contributed by atoms with Crippen molar-refractivity contribution in [1.29, 1.82) is 0 Å². The summed E-state index contributed by atoms with van der Waals surface area (Å²) < 4.78 is 18.0. The number of rotatable bonds is 3. The van der Waals surface area contributed by atoms with Crippen LogP contribution in [0.5, 0.6) is 0 Å². The molecule has 0 radical (unpaired) electrons. The van der Waals surface area contributed by atoms with Crippen molar-refractivity contribution in [3.8, 4) is 0 Å². The number of hydrogen-bond acceptors (Lipinski definition) is 3. The van der Waals surface area contributed by atoms with E-state index < -0.39 is 23.9 Å². The van der Waals surface area contributed by atoms with Gasteiger partial charge in [0.25, 0.3) is 0 Å². The van der Waals surface area contributed by atoms with E-state index in [1.165, 1.54) is 25.3 Å². The van der Waals surface area contributed by atoms with Crippen molar-refractivity contribution >= 4 is 23.6 Å². The number of esters is 1. The first kappa shape index (κ1) is 14.3. The second kappa shape index (κ2) is 5.92. The van der Waals surface area contributed by atoms with Gasteiger partial charge in [0.15, 0.2) is 0 Å². The maximum absolute atomic E-state index is 13.3. The van der Waals surface area contributed by atoms with E-state index in [2.05, 4.69) is 10.6 Å². The molecule has 7 heteroatoms. The summed E-state index contributed by atoms with van der Waals surface area (Å²) in [6, 6.07) is 4.30. The molecule has 106 valence electrons. The lowest BCUT2D eigenvalue weighted by atomic mass is 9.95. The zero-order valence-electron chi connectivity index (χ0n) is 10.6. The van der Waals surface area contributed by atoms with Gasteiger partial charge in [-0.15, -0.1) is 11.6 Å². The van der Waals surface area contributed by atoms with E-state index in [0.29, 0.717) is 5.56 Å². The molecule has 0 unspecified atom stereocenters. The minimum Gasteiger partial charge on any atom is -0.466 e. The number of alkyl halides is 1. The molecule has 1 aliphatic rings. The zero-order chi connectivity index (χ0) is 14.7. The third-order valence-electron chi connectivity index (χ3n) is 2.87. The van der Waals surface area contributed by atoms with E-state index in [1.807, 2.05) is 0 Å². The van der Waals surface area contributed by atoms with Crippen molar-refractivity contribution in [2.75, 3.05) is 13.0 Å². The first-order chi connectivity index (χ1) is 9.56. The van der Waals surface area contributed by atoms with E-state index in [9.17, 15) is 14.0 Å². The molecule has 1 heterocycles. The van der Waals surface area contributed by atoms with Gasteiger partial charge in [-0.1, -0.05) is 12.1 Å². The van der Waals surface area contributed by atoms with Gasteiger partial charge in [0.2, 0.25) is 0 Å². The fraction of sp³-hybridized carbons (Fsp3) is 0.231. The van der Waals surface area contributed by atoms with Crippen molar-refractivity contribution in [2.24, 2.45) is 0 Å². The standard InChI is InChI=1S/C13H12ClFN2O3/c1-20-12(18)10-9(6-14)16-13(19)17-11(10)7-3-2-4-8(15)5-7/h2-5,11H,6H2,1H3,(H2,16,17,19)/t11-/m0/s1. The van der Waals surface area contributed by atoms with Crippen molar-refractivity contribution in [1.82, 2.24) is 10.6 Å². The summed E-state index contributed by atoms with van der Waals surface area (Å²) in [5.41, 5.74) is 0.840. The molecule has 5 nitrogen and oxygen atoms in total. The van der Waals surface area contributed by atoms with Gasteiger partial charge in [0.05, 0.1) is 24.6 Å². The number of methoxy groups -OCH3 is 1. The van der Waals surface area contributed by atoms with Crippen molar-refractivity contribution in [3.63, 3.8) is 0 Å². The van der Waals surface area contributed by atoms with Crippen molar-refractivity contribution in [3.05, 3.63) is 46.9 Å². The number of urea groups is 1. The number of benzene rings is 1. The summed E-state index contributed by atoms with van der Waals surface area (Å²) in [4.78, 5) is 23.5. The van der Waals surface area contributed by atoms with Crippen LogP contribution in [0.25, 0.3) is 0 Å². The maximum Gasteiger partial charge on any atom is 0.338 e. The number of allylic oxidation sites excluding steroid dienone is 1. The molecule has 1 aromatic rings. The molecule has 0 spiro atoms. The molecular weight excluding hydrogens is 287 g/mol. The van der Waals surface area contributed by atoms with E-state index in [1.54, 1.807) is 6.07 Å². The second-order valence-electron chi connectivity index (χ2n) is 4.10. The topological polar surface area (TPSA) is 67.4 Å². The molecule has 1 aromatic carbocycles. The van der Waals surface area contributed by atoms with Gasteiger partial charge >= 0.3 is 12.0 Å². The summed E-state index contributed by atoms with van der Waals surface area (Å²) in [5, 5.41) is 5.00. The molecule has 1 aliphatic heterocycles. The van der Waals surface area contributed by atoms with Crippen LogP contribution in [0.2, 0.25) is 0 Å². The highest BCUT2D eigenvalue weighted by molar-refractivity contribution is 6.20. The smallest absolute Gasteiger partial charge is 0.338 e. The predicted octanol–water partition coefficient (Wildman–Crippen LogP) is 1.85. The van der Waals surface area contributed by atoms with Crippen molar-refractivity contribution < 1.29 is 18.7 Å². The van der Waals surface area contributed by atoms with Gasteiger partial charge in [-0.05, 0) is 17.7 Å². The number of hydrogen-bond donors (Lipinski definition) is 2. The van der Waals surface area contributed by atoms with Crippen LogP contribution in [-0.2, 0) is 9.53 Å². The normalized spacial score (nSPS) is 18.4. The van der Waals surface area contributed by atoms with Crippen LogP contribution in [-0.4, -0.2) is 25.0 Å². The van der Waals surface area contributed by atoms with Crippen molar-refractivity contribution in [2.45, 2.75) is 6.04 Å². The minimum absolute atomic E-state index is 0.0658. The Hall–Kier alpha value is -2.08. The van der Waals surface area contributed by atoms with Gasteiger partial charge in [0.1, 0.15) is 5.82 Å². The average molecular weight is 299 g/mol. The van der Waals surface area contributed by atoms with Crippen LogP contribution in [0.15, 0.2) is 35.5 Å². The van der Waals surface area contributed by atoms with Gasteiger partial charge in [-0.25, -0.2) is 14.0 Å². The Balaban J connectivity index is 2.53. The molecule has 0 aromatic heterocycles. The zero-order valence-corrected chi connectivity index (χ0v) is 11.3. The van der Waals surface area contributed by atoms with Crippen LogP contribution in [0, 0.1) is 5.82 Å². The molecule has 20 heavy (non-hydrogen) atoms.